The number of aliphatic imine (C=N–C) groups is 1. The fourth-order valence-corrected chi connectivity index (χ4v) is 2.77. The molecule has 0 spiro atoms. The minimum Gasteiger partial charge on any atom is -0.489 e. The van der Waals surface area contributed by atoms with Crippen LogP contribution in [0.5, 0.6) is 5.75 Å². The van der Waals surface area contributed by atoms with Crippen LogP contribution >= 0.6 is 24.0 Å². The predicted octanol–water partition coefficient (Wildman–Crippen LogP) is 2.92. The minimum absolute atomic E-state index is 0. The summed E-state index contributed by atoms with van der Waals surface area (Å²) < 4.78 is 11.4. The van der Waals surface area contributed by atoms with Gasteiger partial charge in [-0.15, -0.1) is 24.0 Å². The Morgan fingerprint density at radius 2 is 2.21 bits per heavy atom. The second-order valence-corrected chi connectivity index (χ2v) is 6.23. The molecule has 1 fully saturated rings. The van der Waals surface area contributed by atoms with Gasteiger partial charge in [0.15, 0.2) is 5.96 Å². The Balaban J connectivity index is 0.00000288. The lowest BCUT2D eigenvalue weighted by molar-refractivity contribution is 0.180. The predicted molar refractivity (Wildman–Crippen MR) is 110 cm³/mol. The third-order valence-electron chi connectivity index (χ3n) is 4.10. The van der Waals surface area contributed by atoms with E-state index in [-0.39, 0.29) is 30.1 Å². The van der Waals surface area contributed by atoms with Gasteiger partial charge in [-0.2, -0.15) is 0 Å². The highest BCUT2D eigenvalue weighted by atomic mass is 127. The number of hydrogen-bond acceptors (Lipinski definition) is 3. The summed E-state index contributed by atoms with van der Waals surface area (Å²) in [7, 11) is 3.89. The van der Waals surface area contributed by atoms with E-state index in [1.54, 1.807) is 0 Å². The standard InChI is InChI=1S/C18H29N3O2.HI/c1-14-7-5-6-8-17(14)23-15(2)11-20-18(19-3)21(4)12-16-9-10-22-13-16;/h5-8,15-16H,9-13H2,1-4H3,(H,19,20);1H. The van der Waals surface area contributed by atoms with E-state index in [1.807, 2.05) is 25.2 Å². The van der Waals surface area contributed by atoms with Crippen molar-refractivity contribution in [1.82, 2.24) is 10.2 Å². The molecular weight excluding hydrogens is 417 g/mol. The number of nitrogens with one attached hydrogen (secondary N) is 1. The fraction of sp³-hybridized carbons (Fsp3) is 0.611. The normalized spacial score (nSPS) is 18.7. The van der Waals surface area contributed by atoms with Crippen molar-refractivity contribution in [2.24, 2.45) is 10.9 Å². The highest BCUT2D eigenvalue weighted by Crippen LogP contribution is 2.17. The molecule has 2 rings (SSSR count). The van der Waals surface area contributed by atoms with Gasteiger partial charge < -0.3 is 19.7 Å². The summed E-state index contributed by atoms with van der Waals surface area (Å²) >= 11 is 0. The molecule has 1 aromatic carbocycles. The van der Waals surface area contributed by atoms with Crippen molar-refractivity contribution >= 4 is 29.9 Å². The summed E-state index contributed by atoms with van der Waals surface area (Å²) in [6, 6.07) is 8.09. The molecule has 6 heteroatoms. The van der Waals surface area contributed by atoms with Gasteiger partial charge in [0.05, 0.1) is 13.2 Å². The zero-order valence-corrected chi connectivity index (χ0v) is 17.4. The van der Waals surface area contributed by atoms with Gasteiger partial charge in [-0.25, -0.2) is 0 Å². The lowest BCUT2D eigenvalue weighted by Gasteiger charge is -2.26. The molecule has 5 nitrogen and oxygen atoms in total. The van der Waals surface area contributed by atoms with E-state index < -0.39 is 0 Å². The van der Waals surface area contributed by atoms with E-state index in [0.29, 0.717) is 12.5 Å². The smallest absolute Gasteiger partial charge is 0.193 e. The molecule has 1 saturated heterocycles. The Morgan fingerprint density at radius 1 is 1.46 bits per heavy atom. The third kappa shape index (κ3) is 6.47. The summed E-state index contributed by atoms with van der Waals surface area (Å²) in [5.41, 5.74) is 1.15. The fourth-order valence-electron chi connectivity index (χ4n) is 2.77. The molecule has 1 aliphatic rings. The zero-order chi connectivity index (χ0) is 16.7. The Morgan fingerprint density at radius 3 is 2.83 bits per heavy atom. The first-order valence-electron chi connectivity index (χ1n) is 8.32. The Labute approximate surface area is 162 Å². The molecule has 0 saturated carbocycles. The molecule has 1 aliphatic heterocycles. The highest BCUT2D eigenvalue weighted by Gasteiger charge is 2.19. The van der Waals surface area contributed by atoms with E-state index in [0.717, 1.165) is 43.5 Å². The number of para-hydroxylation sites is 1. The van der Waals surface area contributed by atoms with Crippen molar-refractivity contribution < 1.29 is 9.47 Å². The number of nitrogens with zero attached hydrogens (tertiary/aromatic N) is 2. The van der Waals surface area contributed by atoms with Gasteiger partial charge in [0.1, 0.15) is 11.9 Å². The lowest BCUT2D eigenvalue weighted by atomic mass is 10.1. The van der Waals surface area contributed by atoms with Gasteiger partial charge in [-0.3, -0.25) is 4.99 Å². The van der Waals surface area contributed by atoms with Crippen LogP contribution in [0.15, 0.2) is 29.3 Å². The maximum Gasteiger partial charge on any atom is 0.193 e. The number of rotatable bonds is 6. The Kier molecular flexibility index (Phi) is 9.43. The van der Waals surface area contributed by atoms with Crippen LogP contribution in [0.2, 0.25) is 0 Å². The van der Waals surface area contributed by atoms with Gasteiger partial charge in [0.2, 0.25) is 0 Å². The van der Waals surface area contributed by atoms with Crippen molar-refractivity contribution in [3.05, 3.63) is 29.8 Å². The van der Waals surface area contributed by atoms with Crippen LogP contribution in [0.4, 0.5) is 0 Å². The van der Waals surface area contributed by atoms with Crippen molar-refractivity contribution in [1.29, 1.82) is 0 Å². The molecule has 0 amide bonds. The minimum atomic E-state index is 0. The first-order valence-corrected chi connectivity index (χ1v) is 8.32. The first kappa shape index (κ1) is 21.0. The first-order chi connectivity index (χ1) is 11.1. The maximum atomic E-state index is 6.00. The second-order valence-electron chi connectivity index (χ2n) is 6.23. The molecule has 0 bridgehead atoms. The molecule has 0 aliphatic carbocycles. The Bertz CT molecular complexity index is 519. The molecule has 0 aromatic heterocycles. The quantitative estimate of drug-likeness (QED) is 0.414. The van der Waals surface area contributed by atoms with Crippen LogP contribution in [0, 0.1) is 12.8 Å². The Hall–Kier alpha value is -1.02. The van der Waals surface area contributed by atoms with Crippen LogP contribution in [-0.4, -0.2) is 57.4 Å². The van der Waals surface area contributed by atoms with Gasteiger partial charge in [0, 0.05) is 33.2 Å². The van der Waals surface area contributed by atoms with Crippen molar-refractivity contribution in [2.75, 3.05) is 40.4 Å². The number of aryl methyl sites for hydroxylation is 1. The molecule has 2 atom stereocenters. The zero-order valence-electron chi connectivity index (χ0n) is 15.1. The average molecular weight is 447 g/mol. The maximum absolute atomic E-state index is 6.00. The van der Waals surface area contributed by atoms with E-state index in [2.05, 4.69) is 42.2 Å². The van der Waals surface area contributed by atoms with Crippen LogP contribution in [0.25, 0.3) is 0 Å². The number of guanidine groups is 1. The number of ether oxygens (including phenoxy) is 2. The van der Waals surface area contributed by atoms with Crippen molar-refractivity contribution in [2.45, 2.75) is 26.4 Å². The van der Waals surface area contributed by atoms with Crippen LogP contribution in [-0.2, 0) is 4.74 Å². The molecule has 2 unspecified atom stereocenters. The van der Waals surface area contributed by atoms with Crippen LogP contribution in [0.1, 0.15) is 18.9 Å². The van der Waals surface area contributed by atoms with Gasteiger partial charge in [-0.05, 0) is 31.9 Å². The second kappa shape index (κ2) is 10.8. The van der Waals surface area contributed by atoms with E-state index in [4.69, 9.17) is 9.47 Å². The number of benzene rings is 1. The summed E-state index contributed by atoms with van der Waals surface area (Å²) in [5.74, 6) is 2.43. The third-order valence-corrected chi connectivity index (χ3v) is 4.10. The number of halogens is 1. The summed E-state index contributed by atoms with van der Waals surface area (Å²) in [4.78, 5) is 6.53. The van der Waals surface area contributed by atoms with Crippen molar-refractivity contribution in [3.8, 4) is 5.75 Å². The van der Waals surface area contributed by atoms with Crippen LogP contribution in [0.3, 0.4) is 0 Å². The van der Waals surface area contributed by atoms with E-state index in [1.165, 1.54) is 0 Å². The lowest BCUT2D eigenvalue weighted by Crippen LogP contribution is -2.44. The molecular formula is C18H30IN3O2. The summed E-state index contributed by atoms with van der Waals surface area (Å²) in [5, 5.41) is 3.39. The molecule has 1 aromatic rings. The summed E-state index contributed by atoms with van der Waals surface area (Å²) in [6.07, 6.45) is 1.20. The van der Waals surface area contributed by atoms with Crippen LogP contribution < -0.4 is 10.1 Å². The van der Waals surface area contributed by atoms with Crippen molar-refractivity contribution in [3.63, 3.8) is 0 Å². The van der Waals surface area contributed by atoms with Gasteiger partial charge >= 0.3 is 0 Å². The highest BCUT2D eigenvalue weighted by molar-refractivity contribution is 14.0. The average Bonchev–Trinajstić information content (AvgIpc) is 3.03. The molecule has 0 radical (unpaired) electrons. The SMILES string of the molecule is CN=C(NCC(C)Oc1ccccc1C)N(C)CC1CCOC1.I. The van der Waals surface area contributed by atoms with Gasteiger partial charge in [-0.1, -0.05) is 18.2 Å². The summed E-state index contributed by atoms with van der Waals surface area (Å²) in [6.45, 7) is 7.54. The molecule has 1 N–H and O–H groups in total. The van der Waals surface area contributed by atoms with E-state index >= 15 is 0 Å². The molecule has 136 valence electrons. The van der Waals surface area contributed by atoms with Gasteiger partial charge in [0.25, 0.3) is 0 Å². The topological polar surface area (TPSA) is 46.1 Å². The monoisotopic (exact) mass is 447 g/mol. The largest absolute Gasteiger partial charge is 0.489 e. The number of hydrogen-bond donors (Lipinski definition) is 1. The van der Waals surface area contributed by atoms with E-state index in [9.17, 15) is 0 Å². The molecule has 24 heavy (non-hydrogen) atoms. The molecule has 1 heterocycles.